The lowest BCUT2D eigenvalue weighted by molar-refractivity contribution is 0.897. The second kappa shape index (κ2) is 67.5. The van der Waals surface area contributed by atoms with Crippen LogP contribution in [-0.4, -0.2) is 155 Å². The molecule has 32 heteroatoms. The van der Waals surface area contributed by atoms with Crippen LogP contribution >= 0.6 is 0 Å². The van der Waals surface area contributed by atoms with Gasteiger partial charge >= 0.3 is 0 Å². The van der Waals surface area contributed by atoms with Crippen molar-refractivity contribution in [3.8, 4) is 0 Å². The number of hydrogen-bond donors (Lipinski definition) is 0. The fourth-order valence-corrected chi connectivity index (χ4v) is 10.9. The van der Waals surface area contributed by atoms with Crippen molar-refractivity contribution < 1.29 is 0 Å². The van der Waals surface area contributed by atoms with E-state index in [0.29, 0.717) is 17.3 Å². The smallest absolute Gasteiger partial charge is 0.253 e. The van der Waals surface area contributed by atoms with Gasteiger partial charge in [0.1, 0.15) is 47.9 Å². The molecule has 21 heterocycles. The fourth-order valence-electron chi connectivity index (χ4n) is 10.9. The van der Waals surface area contributed by atoms with Gasteiger partial charge in [-0.2, -0.15) is 20.4 Å². The third kappa shape index (κ3) is 34.7. The van der Waals surface area contributed by atoms with Crippen LogP contribution in [0.3, 0.4) is 0 Å². The Bertz CT molecular complexity index is 5960. The number of aromatic nitrogens is 32. The highest BCUT2D eigenvalue weighted by Crippen LogP contribution is 2.20. The summed E-state index contributed by atoms with van der Waals surface area (Å²) < 4.78 is 18.4. The number of hydrogen-bond acceptors (Lipinski definition) is 22. The second-order valence-electron chi connectivity index (χ2n) is 23.3. The highest BCUT2D eigenvalue weighted by Gasteiger charge is 2.02. The number of para-hydroxylation sites is 3. The molecule has 4 aromatic carbocycles. The van der Waals surface area contributed by atoms with E-state index in [1.165, 1.54) is 45.1 Å². The third-order valence-corrected chi connectivity index (χ3v) is 16.1. The predicted molar refractivity (Wildman–Crippen MR) is 547 cm³/mol. The van der Waals surface area contributed by atoms with Gasteiger partial charge < -0.3 is 13.2 Å². The molecule has 0 saturated carbocycles. The van der Waals surface area contributed by atoms with Gasteiger partial charge in [-0.3, -0.25) is 22.6 Å². The first-order chi connectivity index (χ1) is 66.5. The van der Waals surface area contributed by atoms with Crippen LogP contribution in [0.15, 0.2) is 381 Å². The third-order valence-electron chi connectivity index (χ3n) is 16.1. The molecule has 0 saturated heterocycles. The van der Waals surface area contributed by atoms with Crippen molar-refractivity contribution in [2.45, 2.75) is 152 Å². The summed E-state index contributed by atoms with van der Waals surface area (Å²) in [7, 11) is 0. The van der Waals surface area contributed by atoms with Crippen LogP contribution in [0.1, 0.15) is 152 Å². The normalized spacial score (nSPS) is 9.27. The van der Waals surface area contributed by atoms with E-state index in [1.807, 2.05) is 341 Å². The molecule has 25 aromatic rings. The van der Waals surface area contributed by atoms with Gasteiger partial charge in [-0.1, -0.05) is 237 Å². The minimum absolute atomic E-state index is 0.637. The highest BCUT2D eigenvalue weighted by atomic mass is 15.3. The Balaban J connectivity index is 0.000000303. The number of imidazole rings is 10. The van der Waals surface area contributed by atoms with Gasteiger partial charge in [0.2, 0.25) is 5.78 Å². The molecular weight excluding hydrogens is 1670 g/mol. The number of rotatable bonds is 0. The van der Waals surface area contributed by atoms with Gasteiger partial charge in [-0.25, -0.2) is 93.3 Å². The molecule has 134 heavy (non-hydrogen) atoms. The summed E-state index contributed by atoms with van der Waals surface area (Å²) in [6, 6.07) is 52.9. The maximum atomic E-state index is 4.58. The van der Waals surface area contributed by atoms with Crippen LogP contribution in [0.25, 0.3) is 100 Å². The number of fused-ring (bicyclic) bond motifs is 15. The Labute approximate surface area is 784 Å². The summed E-state index contributed by atoms with van der Waals surface area (Å²) >= 11 is 0. The van der Waals surface area contributed by atoms with E-state index in [4.69, 9.17) is 0 Å². The van der Waals surface area contributed by atoms with Crippen LogP contribution in [0.2, 0.25) is 0 Å². The van der Waals surface area contributed by atoms with E-state index in [0.717, 1.165) is 50.6 Å². The predicted octanol–water partition coefficient (Wildman–Crippen LogP) is 23.7. The molecule has 0 aliphatic rings. The SMILES string of the molecule is CC.CC.CC.CC.CC.CC.CC.CC.CC.CC.CC.c1cc2nccn2cn1.c1ccc2c(c1)ccc1nccn12.c1ccc2cn3ccnc3cc2c1.c1ccc2nc3ccccc3cc2c1.c1ccn2ccnc2c1.c1cn2ccnc2cn1.c1cn2ccnc2nn1.c1cn2cncnc2n1.c1cn2ncncc2n1.c1cnn2ccnc2c1.c1cnn2ccnc2n1. The van der Waals surface area contributed by atoms with Crippen molar-refractivity contribution in [2.75, 3.05) is 0 Å². The van der Waals surface area contributed by atoms with Crippen LogP contribution in [0.4, 0.5) is 0 Å². The lowest BCUT2D eigenvalue weighted by Crippen LogP contribution is -1.89. The molecular formula is C102H128N32. The van der Waals surface area contributed by atoms with Crippen LogP contribution in [-0.2, 0) is 0 Å². The zero-order valence-corrected chi connectivity index (χ0v) is 81.1. The largest absolute Gasteiger partial charge is 0.307 e. The number of nitrogens with zero attached hydrogens (tertiary/aromatic N) is 32. The Morgan fingerprint density at radius 3 is 1.34 bits per heavy atom. The average Bonchev–Trinajstić information content (AvgIpc) is 1.32. The Kier molecular flexibility index (Phi) is 55.1. The van der Waals surface area contributed by atoms with Gasteiger partial charge in [0, 0.05) is 172 Å². The molecule has 0 amide bonds. The maximum absolute atomic E-state index is 4.58. The lowest BCUT2D eigenvalue weighted by Gasteiger charge is -1.99. The summed E-state index contributed by atoms with van der Waals surface area (Å²) in [5.41, 5.74) is 9.81. The molecule has 0 fully saturated rings. The molecule has 0 N–H and O–H groups in total. The zero-order valence-electron chi connectivity index (χ0n) is 81.1. The van der Waals surface area contributed by atoms with Crippen LogP contribution < -0.4 is 0 Å². The van der Waals surface area contributed by atoms with Crippen molar-refractivity contribution in [3.05, 3.63) is 381 Å². The van der Waals surface area contributed by atoms with Gasteiger partial charge in [-0.05, 0) is 89.0 Å². The standard InChI is InChI=1S/C13H9N.2C11H8N2.C7H6N2.3C6H5N3.4C5H4N4.11C2H6/c1-3-7-12-10(5-1)9-11-6-2-4-8-13(11)14-12;1-2-4-10-8-13-6-5-12-11(13)7-9(10)3-1;1-2-4-10-9(3-1)5-6-11-12-7-8-13(10)11;1-2-5-9-6-4-8-7(9)3-1;1-3-9-4-2-8-6(9)5-7-1;1-2-7-5-9-4-3-8-6(1)9;1-2-6-7-4-5-9(6)8-3-1;1-3-9-4-2-7-8-5(9)6-1;1-2-9-4-6-3-8-5(9)7-1;1-2-9-5(7-1)3-6-4-8-9;1-2-8-9-4-3-7-5(9)6-1;11*1-2/h1-9H;2*1-8H;1-6H;3*1-5H;4*1-4H;11*1-2H3. The topological polar surface area (TPSA) is 328 Å². The summed E-state index contributed by atoms with van der Waals surface area (Å²) in [5, 5.41) is 25.3. The lowest BCUT2D eigenvalue weighted by atomic mass is 10.1. The highest BCUT2D eigenvalue weighted by molar-refractivity contribution is 5.92. The Hall–Kier alpha value is -16.8. The van der Waals surface area contributed by atoms with Crippen molar-refractivity contribution in [1.29, 1.82) is 0 Å². The molecule has 25 rings (SSSR count). The van der Waals surface area contributed by atoms with E-state index in [9.17, 15) is 0 Å². The van der Waals surface area contributed by atoms with Crippen molar-refractivity contribution in [2.24, 2.45) is 0 Å². The number of pyridine rings is 4. The minimum atomic E-state index is 0.637. The molecule has 0 aliphatic heterocycles. The summed E-state index contributed by atoms with van der Waals surface area (Å²) in [5.74, 6) is 1.96. The van der Waals surface area contributed by atoms with Crippen molar-refractivity contribution in [3.63, 3.8) is 0 Å². The maximum Gasteiger partial charge on any atom is 0.253 e. The number of benzene rings is 4. The van der Waals surface area contributed by atoms with Gasteiger partial charge in [-0.15, -0.1) is 5.10 Å². The monoisotopic (exact) mass is 1800 g/mol. The molecule has 0 spiro atoms. The molecule has 0 bridgehead atoms. The molecule has 21 aromatic heterocycles. The minimum Gasteiger partial charge on any atom is -0.307 e. The first-order valence-corrected chi connectivity index (χ1v) is 45.4. The van der Waals surface area contributed by atoms with Gasteiger partial charge in [0.15, 0.2) is 16.9 Å². The van der Waals surface area contributed by atoms with Crippen LogP contribution in [0.5, 0.6) is 0 Å². The Morgan fingerprint density at radius 2 is 0.687 bits per heavy atom. The molecule has 0 radical (unpaired) electrons. The van der Waals surface area contributed by atoms with E-state index < -0.39 is 0 Å². The first-order valence-electron chi connectivity index (χ1n) is 45.4. The van der Waals surface area contributed by atoms with E-state index >= 15 is 0 Å². The average molecular weight is 1800 g/mol. The molecule has 0 unspecified atom stereocenters. The quantitative estimate of drug-likeness (QED) is 0.127. The summed E-state index contributed by atoms with van der Waals surface area (Å²) in [6.45, 7) is 44.0. The van der Waals surface area contributed by atoms with E-state index in [2.05, 4.69) is 175 Å². The second-order valence-corrected chi connectivity index (χ2v) is 23.3. The summed E-state index contributed by atoms with van der Waals surface area (Å²) in [4.78, 5) is 68.1. The molecule has 32 nitrogen and oxygen atoms in total. The summed E-state index contributed by atoms with van der Waals surface area (Å²) in [6.07, 6.45) is 63.4. The van der Waals surface area contributed by atoms with E-state index in [1.54, 1.807) is 159 Å². The molecule has 696 valence electrons. The fraction of sp³-hybridized carbons (Fsp3) is 0.216. The first kappa shape index (κ1) is 110. The van der Waals surface area contributed by atoms with Crippen molar-refractivity contribution in [1.82, 2.24) is 155 Å². The molecule has 0 atom stereocenters. The van der Waals surface area contributed by atoms with Crippen LogP contribution in [0, 0.1) is 0 Å². The van der Waals surface area contributed by atoms with Crippen molar-refractivity contribution >= 4 is 100 Å². The molecule has 0 aliphatic carbocycles. The van der Waals surface area contributed by atoms with Gasteiger partial charge in [0.05, 0.1) is 53.7 Å². The zero-order chi connectivity index (χ0) is 97.6. The van der Waals surface area contributed by atoms with E-state index in [-0.39, 0.29) is 0 Å². The Morgan fingerprint density at radius 1 is 0.216 bits per heavy atom. The van der Waals surface area contributed by atoms with Gasteiger partial charge in [0.25, 0.3) is 11.6 Å².